The maximum absolute atomic E-state index is 12.4. The Hall–Kier alpha value is -1.29. The number of aromatic amines is 1. The number of aromatic nitrogens is 1. The average Bonchev–Trinajstić information content (AvgIpc) is 2.84. The third-order valence-electron chi connectivity index (χ3n) is 3.99. The summed E-state index contributed by atoms with van der Waals surface area (Å²) in [5.41, 5.74) is 1.79. The number of H-pyrrole nitrogens is 1. The van der Waals surface area contributed by atoms with Crippen LogP contribution < -0.4 is 5.32 Å². The molecule has 0 aromatic carbocycles. The number of hydrogen-bond acceptors (Lipinski definition) is 2. The molecule has 0 spiro atoms. The van der Waals surface area contributed by atoms with Gasteiger partial charge in [-0.05, 0) is 32.3 Å². The molecule has 4 nitrogen and oxygen atoms in total. The lowest BCUT2D eigenvalue weighted by Gasteiger charge is -2.24. The molecule has 2 bridgehead atoms. The highest BCUT2D eigenvalue weighted by atomic mass is 16.2. The van der Waals surface area contributed by atoms with E-state index in [2.05, 4.69) is 10.3 Å². The fraction of sp³-hybridized carbons (Fsp3) is 0.615. The van der Waals surface area contributed by atoms with Gasteiger partial charge in [0.1, 0.15) is 0 Å². The summed E-state index contributed by atoms with van der Waals surface area (Å²) in [6.45, 7) is 3.70. The normalized spacial score (nSPS) is 28.2. The zero-order valence-electron chi connectivity index (χ0n) is 10.2. The summed E-state index contributed by atoms with van der Waals surface area (Å²) in [6, 6.07) is 3.02. The van der Waals surface area contributed by atoms with Crippen molar-refractivity contribution >= 4 is 5.91 Å². The van der Waals surface area contributed by atoms with Crippen molar-refractivity contribution in [3.8, 4) is 0 Å². The smallest absolute Gasteiger partial charge is 0.255 e. The van der Waals surface area contributed by atoms with Gasteiger partial charge in [0.15, 0.2) is 0 Å². The molecule has 1 aromatic heterocycles. The maximum Gasteiger partial charge on any atom is 0.255 e. The van der Waals surface area contributed by atoms with Gasteiger partial charge in [0.05, 0.1) is 5.56 Å². The van der Waals surface area contributed by atoms with Gasteiger partial charge in [-0.25, -0.2) is 0 Å². The number of hydrogen-bond donors (Lipinski definition) is 2. The predicted octanol–water partition coefficient (Wildman–Crippen LogP) is 1.29. The van der Waals surface area contributed by atoms with Crippen LogP contribution in [0.2, 0.25) is 0 Å². The van der Waals surface area contributed by atoms with Crippen LogP contribution in [0.1, 0.15) is 35.3 Å². The Kier molecular flexibility index (Phi) is 2.67. The van der Waals surface area contributed by atoms with Gasteiger partial charge >= 0.3 is 0 Å². The average molecular weight is 233 g/mol. The summed E-state index contributed by atoms with van der Waals surface area (Å²) in [6.07, 6.45) is 5.41. The molecule has 3 rings (SSSR count). The second kappa shape index (κ2) is 4.18. The molecule has 2 N–H and O–H groups in total. The first kappa shape index (κ1) is 10.8. The highest BCUT2D eigenvalue weighted by Gasteiger charge is 2.31. The fourth-order valence-corrected chi connectivity index (χ4v) is 2.98. The van der Waals surface area contributed by atoms with Crippen LogP contribution in [0.15, 0.2) is 12.3 Å². The van der Waals surface area contributed by atoms with Crippen LogP contribution in [-0.4, -0.2) is 41.0 Å². The van der Waals surface area contributed by atoms with Crippen molar-refractivity contribution in [1.82, 2.24) is 15.2 Å². The minimum Gasteiger partial charge on any atom is -0.365 e. The maximum atomic E-state index is 12.4. The predicted molar refractivity (Wildman–Crippen MR) is 66.0 cm³/mol. The first-order valence-electron chi connectivity index (χ1n) is 6.43. The standard InChI is InChI=1S/C13H19N3O/c1-9-12(4-6-14-9)13(17)16-7-5-10-2-3-11(8-16)15-10/h4,6,10-11,14-15H,2-3,5,7-8H2,1H3. The number of aryl methyl sites for hydroxylation is 1. The summed E-state index contributed by atoms with van der Waals surface area (Å²) in [5, 5.41) is 3.60. The summed E-state index contributed by atoms with van der Waals surface area (Å²) in [5.74, 6) is 0.179. The molecule has 92 valence electrons. The second-order valence-electron chi connectivity index (χ2n) is 5.19. The molecular formula is C13H19N3O. The van der Waals surface area contributed by atoms with E-state index in [1.54, 1.807) is 0 Å². The third-order valence-corrected chi connectivity index (χ3v) is 3.99. The van der Waals surface area contributed by atoms with Gasteiger partial charge in [-0.1, -0.05) is 0 Å². The summed E-state index contributed by atoms with van der Waals surface area (Å²) >= 11 is 0. The molecule has 4 heteroatoms. The van der Waals surface area contributed by atoms with Crippen LogP contribution >= 0.6 is 0 Å². The van der Waals surface area contributed by atoms with Crippen LogP contribution in [0.4, 0.5) is 0 Å². The zero-order valence-corrected chi connectivity index (χ0v) is 10.2. The third kappa shape index (κ3) is 1.97. The van der Waals surface area contributed by atoms with E-state index in [9.17, 15) is 4.79 Å². The van der Waals surface area contributed by atoms with Gasteiger partial charge in [-0.15, -0.1) is 0 Å². The van der Waals surface area contributed by atoms with Crippen molar-refractivity contribution in [2.45, 2.75) is 38.3 Å². The molecule has 1 amide bonds. The second-order valence-corrected chi connectivity index (χ2v) is 5.19. The molecule has 2 aliphatic rings. The minimum atomic E-state index is 0.179. The van der Waals surface area contributed by atoms with E-state index in [-0.39, 0.29) is 5.91 Å². The lowest BCUT2D eigenvalue weighted by Crippen LogP contribution is -2.39. The van der Waals surface area contributed by atoms with Gasteiger partial charge in [-0.3, -0.25) is 4.79 Å². The monoisotopic (exact) mass is 233 g/mol. The Balaban J connectivity index is 1.76. The molecule has 2 saturated heterocycles. The topological polar surface area (TPSA) is 48.1 Å². The molecule has 0 saturated carbocycles. The van der Waals surface area contributed by atoms with Crippen molar-refractivity contribution in [2.75, 3.05) is 13.1 Å². The number of amides is 1. The minimum absolute atomic E-state index is 0.179. The van der Waals surface area contributed by atoms with Gasteiger partial charge in [0.2, 0.25) is 0 Å². The van der Waals surface area contributed by atoms with E-state index in [0.717, 1.165) is 30.8 Å². The van der Waals surface area contributed by atoms with Crippen molar-refractivity contribution in [2.24, 2.45) is 0 Å². The highest BCUT2D eigenvalue weighted by molar-refractivity contribution is 5.95. The molecule has 17 heavy (non-hydrogen) atoms. The molecule has 2 atom stereocenters. The SMILES string of the molecule is Cc1[nH]ccc1C(=O)N1CCC2CCC(C1)N2. The van der Waals surface area contributed by atoms with Gasteiger partial charge < -0.3 is 15.2 Å². The molecule has 3 heterocycles. The van der Waals surface area contributed by atoms with Gasteiger partial charge in [0, 0.05) is 37.1 Å². The molecule has 1 aromatic rings. The summed E-state index contributed by atoms with van der Waals surface area (Å²) in [7, 11) is 0. The van der Waals surface area contributed by atoms with Crippen molar-refractivity contribution in [3.05, 3.63) is 23.5 Å². The quantitative estimate of drug-likeness (QED) is 0.768. The van der Waals surface area contributed by atoms with E-state index in [0.29, 0.717) is 12.1 Å². The van der Waals surface area contributed by atoms with Crippen LogP contribution in [0.25, 0.3) is 0 Å². The van der Waals surface area contributed by atoms with E-state index >= 15 is 0 Å². The van der Waals surface area contributed by atoms with Crippen LogP contribution in [0.5, 0.6) is 0 Å². The zero-order chi connectivity index (χ0) is 11.8. The Morgan fingerprint density at radius 2 is 2.18 bits per heavy atom. The lowest BCUT2D eigenvalue weighted by molar-refractivity contribution is 0.0747. The number of fused-ring (bicyclic) bond motifs is 2. The van der Waals surface area contributed by atoms with E-state index in [4.69, 9.17) is 0 Å². The molecule has 2 unspecified atom stereocenters. The molecule has 0 radical (unpaired) electrons. The Labute approximate surface area is 101 Å². The lowest BCUT2D eigenvalue weighted by atomic mass is 10.1. The van der Waals surface area contributed by atoms with E-state index in [1.807, 2.05) is 24.1 Å². The number of carbonyl (C=O) groups excluding carboxylic acids is 1. The highest BCUT2D eigenvalue weighted by Crippen LogP contribution is 2.22. The van der Waals surface area contributed by atoms with Crippen LogP contribution in [0.3, 0.4) is 0 Å². The summed E-state index contributed by atoms with van der Waals surface area (Å²) in [4.78, 5) is 17.5. The Bertz CT molecular complexity index is 426. The first-order valence-corrected chi connectivity index (χ1v) is 6.43. The largest absolute Gasteiger partial charge is 0.365 e. The van der Waals surface area contributed by atoms with Gasteiger partial charge in [0.25, 0.3) is 5.91 Å². The van der Waals surface area contributed by atoms with E-state index < -0.39 is 0 Å². The van der Waals surface area contributed by atoms with Crippen LogP contribution in [-0.2, 0) is 0 Å². The fourth-order valence-electron chi connectivity index (χ4n) is 2.98. The molecule has 0 aliphatic carbocycles. The number of rotatable bonds is 1. The first-order chi connectivity index (χ1) is 8.24. The van der Waals surface area contributed by atoms with Gasteiger partial charge in [-0.2, -0.15) is 0 Å². The van der Waals surface area contributed by atoms with Crippen molar-refractivity contribution in [3.63, 3.8) is 0 Å². The summed E-state index contributed by atoms with van der Waals surface area (Å²) < 4.78 is 0. The van der Waals surface area contributed by atoms with Crippen molar-refractivity contribution < 1.29 is 4.79 Å². The number of carbonyl (C=O) groups is 1. The molecular weight excluding hydrogens is 214 g/mol. The molecule has 2 aliphatic heterocycles. The Morgan fingerprint density at radius 3 is 2.94 bits per heavy atom. The van der Waals surface area contributed by atoms with Crippen LogP contribution in [0, 0.1) is 6.92 Å². The van der Waals surface area contributed by atoms with E-state index in [1.165, 1.54) is 12.8 Å². The number of nitrogens with one attached hydrogen (secondary N) is 2. The van der Waals surface area contributed by atoms with Crippen molar-refractivity contribution in [1.29, 1.82) is 0 Å². The molecule has 2 fully saturated rings. The number of nitrogens with zero attached hydrogens (tertiary/aromatic N) is 1. The Morgan fingerprint density at radius 1 is 1.35 bits per heavy atom. The number of likely N-dealkylation sites (tertiary alicyclic amines) is 1.